The van der Waals surface area contributed by atoms with Crippen LogP contribution in [0.3, 0.4) is 0 Å². The molecule has 2 aromatic carbocycles. The maximum Gasteiger partial charge on any atom is 0.123 e. The first-order valence-corrected chi connectivity index (χ1v) is 7.47. The first kappa shape index (κ1) is 17.3. The van der Waals surface area contributed by atoms with Crippen molar-refractivity contribution < 1.29 is 5.11 Å². The minimum atomic E-state index is -0.00859. The summed E-state index contributed by atoms with van der Waals surface area (Å²) in [4.78, 5) is 0. The molecular weight excluding hydrogens is 256 g/mol. The maximum atomic E-state index is 10.3. The van der Waals surface area contributed by atoms with Crippen LogP contribution in [0.5, 0.6) is 5.75 Å². The van der Waals surface area contributed by atoms with E-state index in [0.29, 0.717) is 5.75 Å². The van der Waals surface area contributed by atoms with Crippen LogP contribution >= 0.6 is 0 Å². The number of aromatic hydroxyl groups is 1. The Hall–Kier alpha value is -1.76. The van der Waals surface area contributed by atoms with Gasteiger partial charge in [0, 0.05) is 0 Å². The molecule has 0 bridgehead atoms. The van der Waals surface area contributed by atoms with Gasteiger partial charge in [-0.25, -0.2) is 0 Å². The zero-order valence-electron chi connectivity index (χ0n) is 14.1. The highest BCUT2D eigenvalue weighted by atomic mass is 16.3. The van der Waals surface area contributed by atoms with Gasteiger partial charge in [-0.1, -0.05) is 96.1 Å². The highest BCUT2D eigenvalue weighted by molar-refractivity contribution is 5.46. The van der Waals surface area contributed by atoms with Gasteiger partial charge < -0.3 is 5.11 Å². The summed E-state index contributed by atoms with van der Waals surface area (Å²) in [5.74, 6) is 0.456. The van der Waals surface area contributed by atoms with Gasteiger partial charge in [-0.3, -0.25) is 0 Å². The number of phenols is 1. The number of para-hydroxylation sites is 1. The zero-order valence-corrected chi connectivity index (χ0v) is 14.1. The predicted molar refractivity (Wildman–Crippen MR) is 91.9 cm³/mol. The Balaban J connectivity index is 0.000000304. The Morgan fingerprint density at radius 2 is 0.857 bits per heavy atom. The first-order chi connectivity index (χ1) is 9.64. The van der Waals surface area contributed by atoms with Crippen LogP contribution in [0.15, 0.2) is 54.6 Å². The van der Waals surface area contributed by atoms with Crippen molar-refractivity contribution >= 4 is 0 Å². The molecule has 0 spiro atoms. The van der Waals surface area contributed by atoms with Crippen molar-refractivity contribution in [3.8, 4) is 5.75 Å². The number of benzene rings is 2. The van der Waals surface area contributed by atoms with Gasteiger partial charge in [-0.2, -0.15) is 0 Å². The molecule has 114 valence electrons. The smallest absolute Gasteiger partial charge is 0.123 e. The van der Waals surface area contributed by atoms with Crippen LogP contribution in [0, 0.1) is 0 Å². The molecular formula is C20H28O. The van der Waals surface area contributed by atoms with Crippen LogP contribution in [-0.2, 0) is 10.8 Å². The molecule has 1 N–H and O–H groups in total. The van der Waals surface area contributed by atoms with Crippen LogP contribution in [0.4, 0.5) is 0 Å². The van der Waals surface area contributed by atoms with Gasteiger partial charge in [0.1, 0.15) is 5.75 Å². The molecule has 1 nitrogen and oxygen atoms in total. The lowest BCUT2D eigenvalue weighted by molar-refractivity contribution is 0.423. The molecule has 0 atom stereocenters. The van der Waals surface area contributed by atoms with Gasteiger partial charge in [-0.15, -0.1) is 0 Å². The Morgan fingerprint density at radius 1 is 0.571 bits per heavy atom. The van der Waals surface area contributed by atoms with Crippen LogP contribution in [0.25, 0.3) is 0 Å². The van der Waals surface area contributed by atoms with Crippen molar-refractivity contribution in [1.29, 1.82) is 0 Å². The molecule has 2 aromatic rings. The van der Waals surface area contributed by atoms with E-state index in [1.54, 1.807) is 0 Å². The lowest BCUT2D eigenvalue weighted by atomic mass is 9.80. The fourth-order valence-electron chi connectivity index (χ4n) is 2.14. The monoisotopic (exact) mass is 284 g/mol. The Kier molecular flexibility index (Phi) is 5.60. The molecule has 0 aliphatic carbocycles. The largest absolute Gasteiger partial charge is 0.507 e. The van der Waals surface area contributed by atoms with E-state index in [-0.39, 0.29) is 10.8 Å². The Labute approximate surface area is 129 Å². The van der Waals surface area contributed by atoms with Gasteiger partial charge in [-0.05, 0) is 22.0 Å². The van der Waals surface area contributed by atoms with Gasteiger partial charge in [0.2, 0.25) is 0 Å². The average Bonchev–Trinajstić information content (AvgIpc) is 2.39. The molecule has 0 aliphatic rings. The molecule has 0 unspecified atom stereocenters. The van der Waals surface area contributed by atoms with Gasteiger partial charge in [0.25, 0.3) is 0 Å². The predicted octanol–water partition coefficient (Wildman–Crippen LogP) is 5.67. The van der Waals surface area contributed by atoms with E-state index in [4.69, 9.17) is 0 Å². The molecule has 0 aliphatic heterocycles. The van der Waals surface area contributed by atoms with Crippen molar-refractivity contribution in [2.45, 2.75) is 52.4 Å². The fourth-order valence-corrected chi connectivity index (χ4v) is 2.14. The number of phenolic OH excluding ortho intramolecular Hbond substituents is 1. The second-order valence-corrected chi connectivity index (χ2v) is 7.36. The molecule has 21 heavy (non-hydrogen) atoms. The quantitative estimate of drug-likeness (QED) is 0.660. The summed E-state index contributed by atoms with van der Waals surface area (Å²) in [6, 6.07) is 18.0. The van der Waals surface area contributed by atoms with E-state index in [9.17, 15) is 5.11 Å². The minimum absolute atomic E-state index is 0.00859. The number of hydrogen-bond acceptors (Lipinski definition) is 1. The summed E-state index contributed by atoms with van der Waals surface area (Å²) in [5, 5.41) is 10.3. The van der Waals surface area contributed by atoms with E-state index in [1.165, 1.54) is 0 Å². The summed E-state index contributed by atoms with van der Waals surface area (Å²) in [6.45, 7) is 12.7. The summed E-state index contributed by atoms with van der Waals surface area (Å²) < 4.78 is 0. The first-order valence-electron chi connectivity index (χ1n) is 7.47. The lowest BCUT2D eigenvalue weighted by Gasteiger charge is -2.26. The van der Waals surface area contributed by atoms with E-state index >= 15 is 0 Å². The normalized spacial score (nSPS) is 11.5. The number of rotatable bonds is 0. The topological polar surface area (TPSA) is 20.2 Å². The van der Waals surface area contributed by atoms with Crippen molar-refractivity contribution in [2.75, 3.05) is 0 Å². The lowest BCUT2D eigenvalue weighted by Crippen LogP contribution is -2.16. The van der Waals surface area contributed by atoms with E-state index < -0.39 is 0 Å². The average molecular weight is 284 g/mol. The Bertz CT molecular complexity index is 483. The molecule has 0 amide bonds. The van der Waals surface area contributed by atoms with Gasteiger partial charge >= 0.3 is 0 Å². The molecule has 0 aromatic heterocycles. The van der Waals surface area contributed by atoms with Crippen LogP contribution in [0.1, 0.15) is 52.7 Å². The highest BCUT2D eigenvalue weighted by Crippen LogP contribution is 2.38. The minimum Gasteiger partial charge on any atom is -0.507 e. The molecule has 1 heteroatoms. The third-order valence-corrected chi connectivity index (χ3v) is 3.32. The summed E-state index contributed by atoms with van der Waals surface area (Å²) in [5.41, 5.74) is 2.03. The third kappa shape index (κ3) is 5.26. The third-order valence-electron chi connectivity index (χ3n) is 3.32. The van der Waals surface area contributed by atoms with Crippen LogP contribution in [-0.4, -0.2) is 5.11 Å². The second-order valence-electron chi connectivity index (χ2n) is 7.36. The molecule has 0 saturated carbocycles. The van der Waals surface area contributed by atoms with Crippen molar-refractivity contribution in [1.82, 2.24) is 0 Å². The fraction of sp³-hybridized carbons (Fsp3) is 0.400. The standard InChI is InChI=1S/C14H22O.C6H6/c1-13(2,3)10-8-7-9-11(12(10)15)14(4,5)6;1-2-4-6-5-3-1/h7-9,15H,1-6H3;1-6H. The molecule has 2 rings (SSSR count). The van der Waals surface area contributed by atoms with E-state index in [0.717, 1.165) is 11.1 Å². The second kappa shape index (κ2) is 6.80. The number of hydrogen-bond donors (Lipinski definition) is 1. The summed E-state index contributed by atoms with van der Waals surface area (Å²) >= 11 is 0. The maximum absolute atomic E-state index is 10.3. The van der Waals surface area contributed by atoms with Crippen molar-refractivity contribution in [3.63, 3.8) is 0 Å². The van der Waals surface area contributed by atoms with Gasteiger partial charge in [0.05, 0.1) is 0 Å². The van der Waals surface area contributed by atoms with E-state index in [1.807, 2.05) is 54.6 Å². The molecule has 0 saturated heterocycles. The molecule has 0 fully saturated rings. The molecule has 0 heterocycles. The van der Waals surface area contributed by atoms with Crippen LogP contribution < -0.4 is 0 Å². The van der Waals surface area contributed by atoms with Crippen LogP contribution in [0.2, 0.25) is 0 Å². The van der Waals surface area contributed by atoms with Crippen molar-refractivity contribution in [3.05, 3.63) is 65.7 Å². The highest BCUT2D eigenvalue weighted by Gasteiger charge is 2.24. The van der Waals surface area contributed by atoms with Crippen molar-refractivity contribution in [2.24, 2.45) is 0 Å². The van der Waals surface area contributed by atoms with E-state index in [2.05, 4.69) is 41.5 Å². The molecule has 0 radical (unpaired) electrons. The zero-order chi connectivity index (χ0) is 16.1. The summed E-state index contributed by atoms with van der Waals surface area (Å²) in [6.07, 6.45) is 0. The SMILES string of the molecule is CC(C)(C)c1cccc(C(C)(C)C)c1O.c1ccccc1. The van der Waals surface area contributed by atoms with Gasteiger partial charge in [0.15, 0.2) is 0 Å². The Morgan fingerprint density at radius 3 is 1.10 bits per heavy atom. The summed E-state index contributed by atoms with van der Waals surface area (Å²) in [7, 11) is 0.